The van der Waals surface area contributed by atoms with E-state index in [-0.39, 0.29) is 30.3 Å². The lowest BCUT2D eigenvalue weighted by Crippen LogP contribution is -2.29. The maximum Gasteiger partial charge on any atom is 0.299 e. The third-order valence-electron chi connectivity index (χ3n) is 3.90. The zero-order valence-electron chi connectivity index (χ0n) is 13.4. The van der Waals surface area contributed by atoms with E-state index in [1.165, 1.54) is 11.0 Å². The van der Waals surface area contributed by atoms with Crippen molar-refractivity contribution in [2.24, 2.45) is 0 Å². The summed E-state index contributed by atoms with van der Waals surface area (Å²) in [5.74, 6) is -1.31. The molecule has 0 bridgehead atoms. The highest BCUT2D eigenvalue weighted by molar-refractivity contribution is 6.52. The van der Waals surface area contributed by atoms with Crippen molar-refractivity contribution >= 4 is 63.8 Å². The van der Waals surface area contributed by atoms with Crippen molar-refractivity contribution in [1.82, 2.24) is 0 Å². The van der Waals surface area contributed by atoms with Crippen molar-refractivity contribution in [1.29, 1.82) is 0 Å². The van der Waals surface area contributed by atoms with Crippen LogP contribution in [0, 0.1) is 0 Å². The Balaban J connectivity index is 1.87. The molecule has 5 nitrogen and oxygen atoms in total. The van der Waals surface area contributed by atoms with Crippen LogP contribution in [0.15, 0.2) is 36.4 Å². The van der Waals surface area contributed by atoms with Crippen LogP contribution in [0.3, 0.4) is 0 Å². The van der Waals surface area contributed by atoms with Crippen molar-refractivity contribution in [2.75, 3.05) is 16.1 Å². The third kappa shape index (κ3) is 3.70. The molecule has 26 heavy (non-hydrogen) atoms. The van der Waals surface area contributed by atoms with E-state index in [0.29, 0.717) is 21.4 Å². The Morgan fingerprint density at radius 1 is 1.04 bits per heavy atom. The Labute approximate surface area is 164 Å². The summed E-state index contributed by atoms with van der Waals surface area (Å²) < 4.78 is 0. The summed E-state index contributed by atoms with van der Waals surface area (Å²) in [7, 11) is 0. The Morgan fingerprint density at radius 3 is 2.50 bits per heavy atom. The first-order chi connectivity index (χ1) is 12.4. The van der Waals surface area contributed by atoms with Gasteiger partial charge in [-0.2, -0.15) is 0 Å². The summed E-state index contributed by atoms with van der Waals surface area (Å²) in [6.45, 7) is 0.187. The van der Waals surface area contributed by atoms with Crippen LogP contribution in [-0.4, -0.2) is 23.5 Å². The third-order valence-corrected chi connectivity index (χ3v) is 4.83. The van der Waals surface area contributed by atoms with Gasteiger partial charge in [0.1, 0.15) is 0 Å². The maximum atomic E-state index is 12.4. The zero-order valence-corrected chi connectivity index (χ0v) is 15.7. The van der Waals surface area contributed by atoms with Crippen molar-refractivity contribution in [3.05, 3.63) is 57.6 Å². The Kier molecular flexibility index (Phi) is 5.51. The lowest BCUT2D eigenvalue weighted by molar-refractivity contribution is -0.116. The fourth-order valence-corrected chi connectivity index (χ4v) is 3.16. The minimum atomic E-state index is -0.629. The Morgan fingerprint density at radius 2 is 1.81 bits per heavy atom. The van der Waals surface area contributed by atoms with E-state index in [2.05, 4.69) is 5.32 Å². The molecule has 2 aromatic carbocycles. The monoisotopic (exact) mass is 410 g/mol. The fourth-order valence-electron chi connectivity index (χ4n) is 2.67. The molecule has 0 radical (unpaired) electrons. The van der Waals surface area contributed by atoms with Gasteiger partial charge in [0.25, 0.3) is 11.7 Å². The second kappa shape index (κ2) is 7.66. The molecule has 1 heterocycles. The second-order valence-corrected chi connectivity index (χ2v) is 6.88. The Hall–Kier alpha value is -2.08. The van der Waals surface area contributed by atoms with Crippen LogP contribution in [0.4, 0.5) is 11.4 Å². The molecule has 0 spiro atoms. The van der Waals surface area contributed by atoms with Gasteiger partial charge in [0.05, 0.1) is 27.8 Å². The van der Waals surface area contributed by atoms with E-state index >= 15 is 0 Å². The van der Waals surface area contributed by atoms with Gasteiger partial charge in [-0.15, -0.1) is 11.6 Å². The average molecular weight is 412 g/mol. The van der Waals surface area contributed by atoms with Crippen LogP contribution in [0.1, 0.15) is 22.3 Å². The van der Waals surface area contributed by atoms with E-state index in [1.807, 2.05) is 0 Å². The number of hydrogen-bond acceptors (Lipinski definition) is 3. The second-order valence-electron chi connectivity index (χ2n) is 5.69. The molecule has 2 amide bonds. The van der Waals surface area contributed by atoms with Gasteiger partial charge in [-0.05, 0) is 35.9 Å². The van der Waals surface area contributed by atoms with E-state index in [1.54, 1.807) is 30.3 Å². The maximum absolute atomic E-state index is 12.4. The topological polar surface area (TPSA) is 66.5 Å². The minimum absolute atomic E-state index is 0.162. The van der Waals surface area contributed by atoms with Crippen LogP contribution >= 0.6 is 34.8 Å². The summed E-state index contributed by atoms with van der Waals surface area (Å²) in [6, 6.07) is 9.80. The van der Waals surface area contributed by atoms with Gasteiger partial charge in [-0.1, -0.05) is 29.3 Å². The summed E-state index contributed by atoms with van der Waals surface area (Å²) in [6.07, 6.45) is 0.162. The molecule has 134 valence electrons. The molecule has 1 N–H and O–H groups in total. The average Bonchev–Trinajstić information content (AvgIpc) is 2.83. The first-order valence-electron chi connectivity index (χ1n) is 7.70. The lowest BCUT2D eigenvalue weighted by atomic mass is 10.1. The summed E-state index contributed by atoms with van der Waals surface area (Å²) >= 11 is 17.4. The van der Waals surface area contributed by atoms with Gasteiger partial charge >= 0.3 is 0 Å². The number of alkyl halides is 1. The smallest absolute Gasteiger partial charge is 0.299 e. The molecule has 0 aliphatic carbocycles. The van der Waals surface area contributed by atoms with E-state index < -0.39 is 11.7 Å². The molecule has 0 fully saturated rings. The van der Waals surface area contributed by atoms with Crippen LogP contribution in [-0.2, 0) is 16.1 Å². The molecule has 0 atom stereocenters. The predicted octanol–water partition coefficient (Wildman–Crippen LogP) is 4.29. The number of anilines is 2. The van der Waals surface area contributed by atoms with E-state index in [0.717, 1.165) is 5.56 Å². The highest BCUT2D eigenvalue weighted by Crippen LogP contribution is 2.33. The fraction of sp³-hybridized carbons (Fsp3) is 0.167. The minimum Gasteiger partial charge on any atom is -0.326 e. The van der Waals surface area contributed by atoms with Gasteiger partial charge in [0.2, 0.25) is 5.91 Å². The molecule has 3 rings (SSSR count). The number of hydrogen-bond donors (Lipinski definition) is 1. The van der Waals surface area contributed by atoms with Crippen LogP contribution in [0.5, 0.6) is 0 Å². The zero-order chi connectivity index (χ0) is 18.8. The van der Waals surface area contributed by atoms with Crippen LogP contribution in [0.2, 0.25) is 10.0 Å². The molecular weight excluding hydrogens is 399 g/mol. The molecule has 0 aromatic heterocycles. The predicted molar refractivity (Wildman–Crippen MR) is 102 cm³/mol. The molecule has 2 aromatic rings. The van der Waals surface area contributed by atoms with Gasteiger partial charge in [-0.25, -0.2) is 0 Å². The largest absolute Gasteiger partial charge is 0.326 e. The number of carbonyl (C=O) groups excluding carboxylic acids is 3. The van der Waals surface area contributed by atoms with Crippen molar-refractivity contribution in [3.8, 4) is 0 Å². The first kappa shape index (κ1) is 18.7. The number of amides is 2. The number of fused-ring (bicyclic) bond motifs is 1. The van der Waals surface area contributed by atoms with Crippen molar-refractivity contribution in [2.45, 2.75) is 13.0 Å². The number of nitrogens with zero attached hydrogens (tertiary/aromatic N) is 1. The molecule has 8 heteroatoms. The number of Topliss-reactive ketones (excluding diaryl/α,β-unsaturated/α-hetero) is 1. The van der Waals surface area contributed by atoms with Gasteiger partial charge in [0, 0.05) is 18.0 Å². The lowest BCUT2D eigenvalue weighted by Gasteiger charge is -2.17. The molecular formula is C18H13Cl3N2O3. The Bertz CT molecular complexity index is 915. The molecule has 1 aliphatic rings. The van der Waals surface area contributed by atoms with Crippen molar-refractivity contribution < 1.29 is 14.4 Å². The highest BCUT2D eigenvalue weighted by atomic mass is 35.5. The quantitative estimate of drug-likeness (QED) is 0.589. The molecule has 0 unspecified atom stereocenters. The van der Waals surface area contributed by atoms with Gasteiger partial charge in [-0.3, -0.25) is 14.4 Å². The number of halogens is 3. The first-order valence-corrected chi connectivity index (χ1v) is 8.99. The number of nitrogens with one attached hydrogen (secondary N) is 1. The van der Waals surface area contributed by atoms with Gasteiger partial charge < -0.3 is 10.2 Å². The number of carbonyl (C=O) groups is 3. The standard InChI is InChI=1S/C18H13Cl3N2O3/c19-6-5-16(24)22-11-2-4-15-12(8-11)17(25)18(26)23(15)9-10-1-3-13(20)14(21)7-10/h1-4,7-8H,5-6,9H2,(H,22,24). The van der Waals surface area contributed by atoms with Crippen LogP contribution < -0.4 is 10.2 Å². The van der Waals surface area contributed by atoms with Crippen molar-refractivity contribution in [3.63, 3.8) is 0 Å². The molecule has 0 saturated heterocycles. The summed E-state index contributed by atoms with van der Waals surface area (Å²) in [5.41, 5.74) is 1.92. The number of benzene rings is 2. The van der Waals surface area contributed by atoms with E-state index in [4.69, 9.17) is 34.8 Å². The van der Waals surface area contributed by atoms with Gasteiger partial charge in [0.15, 0.2) is 0 Å². The van der Waals surface area contributed by atoms with E-state index in [9.17, 15) is 14.4 Å². The number of ketones is 1. The molecule has 0 saturated carbocycles. The number of rotatable bonds is 5. The summed E-state index contributed by atoms with van der Waals surface area (Å²) in [5, 5.41) is 3.44. The summed E-state index contributed by atoms with van der Waals surface area (Å²) in [4.78, 5) is 37.7. The SMILES string of the molecule is O=C(CCCl)Nc1ccc2c(c1)C(=O)C(=O)N2Cc1ccc(Cl)c(Cl)c1. The highest BCUT2D eigenvalue weighted by Gasteiger charge is 2.36. The molecule has 1 aliphatic heterocycles. The normalized spacial score (nSPS) is 13.1. The van der Waals surface area contributed by atoms with Crippen LogP contribution in [0.25, 0.3) is 0 Å².